The predicted octanol–water partition coefficient (Wildman–Crippen LogP) is 3.94. The van der Waals surface area contributed by atoms with Crippen LogP contribution in [-0.4, -0.2) is 10.5 Å². The van der Waals surface area contributed by atoms with E-state index < -0.39 is 0 Å². The minimum atomic E-state index is -0.230. The SMILES string of the molecule is Cc1cccc(C(=O)N=c2sc3cc(Cl)ccc3n2C)c1. The summed E-state index contributed by atoms with van der Waals surface area (Å²) in [5.74, 6) is -0.230. The molecule has 3 aromatic rings. The van der Waals surface area contributed by atoms with Crippen molar-refractivity contribution in [2.45, 2.75) is 6.92 Å². The quantitative estimate of drug-likeness (QED) is 0.669. The van der Waals surface area contributed by atoms with Gasteiger partial charge in [0.25, 0.3) is 5.91 Å². The molecule has 0 aliphatic carbocycles. The number of benzene rings is 2. The number of carbonyl (C=O) groups excluding carboxylic acids is 1. The van der Waals surface area contributed by atoms with E-state index >= 15 is 0 Å². The number of amides is 1. The number of carbonyl (C=O) groups is 1. The van der Waals surface area contributed by atoms with Gasteiger partial charge in [0.1, 0.15) is 0 Å². The maximum Gasteiger partial charge on any atom is 0.279 e. The second kappa shape index (κ2) is 5.47. The fourth-order valence-corrected chi connectivity index (χ4v) is 3.44. The number of hydrogen-bond donors (Lipinski definition) is 0. The van der Waals surface area contributed by atoms with Gasteiger partial charge in [-0.2, -0.15) is 4.99 Å². The number of rotatable bonds is 1. The lowest BCUT2D eigenvalue weighted by Gasteiger charge is -1.97. The summed E-state index contributed by atoms with van der Waals surface area (Å²) in [5, 5.41) is 0.681. The highest BCUT2D eigenvalue weighted by Crippen LogP contribution is 2.21. The highest BCUT2D eigenvalue weighted by Gasteiger charge is 2.07. The number of fused-ring (bicyclic) bond motifs is 1. The monoisotopic (exact) mass is 316 g/mol. The van der Waals surface area contributed by atoms with Gasteiger partial charge in [0.15, 0.2) is 4.80 Å². The molecule has 2 aromatic carbocycles. The van der Waals surface area contributed by atoms with Crippen LogP contribution in [0.2, 0.25) is 5.02 Å². The van der Waals surface area contributed by atoms with Crippen molar-refractivity contribution in [2.75, 3.05) is 0 Å². The average molecular weight is 317 g/mol. The maximum atomic E-state index is 12.3. The molecule has 5 heteroatoms. The first kappa shape index (κ1) is 14.0. The number of hydrogen-bond acceptors (Lipinski definition) is 2. The van der Waals surface area contributed by atoms with Crippen LogP contribution in [-0.2, 0) is 7.05 Å². The molecular formula is C16H13ClN2OS. The van der Waals surface area contributed by atoms with E-state index in [-0.39, 0.29) is 5.91 Å². The van der Waals surface area contributed by atoms with Gasteiger partial charge in [-0.1, -0.05) is 40.6 Å². The average Bonchev–Trinajstić information content (AvgIpc) is 2.74. The second-order valence-corrected chi connectivity index (χ2v) is 6.29. The van der Waals surface area contributed by atoms with Crippen LogP contribution in [0.15, 0.2) is 47.5 Å². The van der Waals surface area contributed by atoms with Gasteiger partial charge < -0.3 is 4.57 Å². The summed E-state index contributed by atoms with van der Waals surface area (Å²) >= 11 is 7.46. The largest absolute Gasteiger partial charge is 0.319 e. The lowest BCUT2D eigenvalue weighted by molar-refractivity contribution is 0.0998. The minimum absolute atomic E-state index is 0.230. The van der Waals surface area contributed by atoms with Crippen molar-refractivity contribution < 1.29 is 4.79 Å². The van der Waals surface area contributed by atoms with Crippen LogP contribution in [0.5, 0.6) is 0 Å². The van der Waals surface area contributed by atoms with Crippen molar-refractivity contribution in [3.8, 4) is 0 Å². The zero-order valence-corrected chi connectivity index (χ0v) is 13.2. The maximum absolute atomic E-state index is 12.3. The molecule has 1 heterocycles. The van der Waals surface area contributed by atoms with E-state index in [2.05, 4.69) is 4.99 Å². The van der Waals surface area contributed by atoms with Crippen LogP contribution >= 0.6 is 22.9 Å². The van der Waals surface area contributed by atoms with E-state index in [1.165, 1.54) is 11.3 Å². The molecule has 0 saturated carbocycles. The molecule has 3 rings (SSSR count). The highest BCUT2D eigenvalue weighted by molar-refractivity contribution is 7.16. The highest BCUT2D eigenvalue weighted by atomic mass is 35.5. The van der Waals surface area contributed by atoms with Gasteiger partial charge in [-0.3, -0.25) is 4.79 Å². The Morgan fingerprint density at radius 3 is 2.81 bits per heavy atom. The van der Waals surface area contributed by atoms with Gasteiger partial charge in [0, 0.05) is 17.6 Å². The smallest absolute Gasteiger partial charge is 0.279 e. The number of halogens is 1. The van der Waals surface area contributed by atoms with E-state index in [0.29, 0.717) is 15.4 Å². The van der Waals surface area contributed by atoms with Crippen molar-refractivity contribution in [3.05, 3.63) is 63.4 Å². The molecule has 0 unspecified atom stereocenters. The lowest BCUT2D eigenvalue weighted by Crippen LogP contribution is -2.13. The Morgan fingerprint density at radius 1 is 1.24 bits per heavy atom. The van der Waals surface area contributed by atoms with Gasteiger partial charge in [0.05, 0.1) is 10.2 Å². The fraction of sp³-hybridized carbons (Fsp3) is 0.125. The first-order valence-corrected chi connectivity index (χ1v) is 7.65. The molecule has 0 saturated heterocycles. The summed E-state index contributed by atoms with van der Waals surface area (Å²) < 4.78 is 2.92. The molecular weight excluding hydrogens is 304 g/mol. The summed E-state index contributed by atoms with van der Waals surface area (Å²) in [5.41, 5.74) is 2.66. The Hall–Kier alpha value is -1.91. The molecule has 3 nitrogen and oxygen atoms in total. The van der Waals surface area contributed by atoms with Gasteiger partial charge in [0.2, 0.25) is 0 Å². The predicted molar refractivity (Wildman–Crippen MR) is 86.9 cm³/mol. The van der Waals surface area contributed by atoms with Crippen molar-refractivity contribution >= 4 is 39.1 Å². The normalized spacial score (nSPS) is 12.0. The van der Waals surface area contributed by atoms with Crippen molar-refractivity contribution in [1.29, 1.82) is 0 Å². The number of aryl methyl sites for hydroxylation is 2. The van der Waals surface area contributed by atoms with Gasteiger partial charge in [-0.05, 0) is 37.3 Å². The molecule has 1 amide bonds. The standard InChI is InChI=1S/C16H13ClN2OS/c1-10-4-3-5-11(8-10)15(20)18-16-19(2)13-7-6-12(17)9-14(13)21-16/h3-9H,1-2H3. The van der Waals surface area contributed by atoms with Crippen LogP contribution < -0.4 is 4.80 Å². The van der Waals surface area contributed by atoms with E-state index in [1.54, 1.807) is 6.07 Å². The number of aromatic nitrogens is 1. The summed E-state index contributed by atoms with van der Waals surface area (Å²) in [6, 6.07) is 13.1. The van der Waals surface area contributed by atoms with Gasteiger partial charge in [-0.15, -0.1) is 0 Å². The van der Waals surface area contributed by atoms with Crippen LogP contribution in [0.4, 0.5) is 0 Å². The lowest BCUT2D eigenvalue weighted by atomic mass is 10.1. The number of thiazole rings is 1. The van der Waals surface area contributed by atoms with Gasteiger partial charge >= 0.3 is 0 Å². The van der Waals surface area contributed by atoms with Crippen LogP contribution in [0, 0.1) is 6.92 Å². The molecule has 0 aliphatic heterocycles. The zero-order chi connectivity index (χ0) is 15.0. The minimum Gasteiger partial charge on any atom is -0.319 e. The van der Waals surface area contributed by atoms with E-state index in [9.17, 15) is 4.79 Å². The van der Waals surface area contributed by atoms with E-state index in [0.717, 1.165) is 15.8 Å². The Kier molecular flexibility index (Phi) is 3.66. The number of nitrogens with zero attached hydrogens (tertiary/aromatic N) is 2. The second-order valence-electron chi connectivity index (χ2n) is 4.84. The van der Waals surface area contributed by atoms with E-state index in [1.807, 2.05) is 54.9 Å². The third-order valence-electron chi connectivity index (χ3n) is 3.23. The van der Waals surface area contributed by atoms with Gasteiger partial charge in [-0.25, -0.2) is 0 Å². The first-order chi connectivity index (χ1) is 10.0. The first-order valence-electron chi connectivity index (χ1n) is 6.45. The summed E-state index contributed by atoms with van der Waals surface area (Å²) in [6.07, 6.45) is 0. The molecule has 1 aromatic heterocycles. The molecule has 21 heavy (non-hydrogen) atoms. The summed E-state index contributed by atoms with van der Waals surface area (Å²) in [4.78, 5) is 17.2. The third kappa shape index (κ3) is 2.77. The Balaban J connectivity index is 2.11. The van der Waals surface area contributed by atoms with Crippen molar-refractivity contribution in [3.63, 3.8) is 0 Å². The molecule has 0 radical (unpaired) electrons. The summed E-state index contributed by atoms with van der Waals surface area (Å²) in [7, 11) is 1.90. The molecule has 0 aliphatic rings. The third-order valence-corrected chi connectivity index (χ3v) is 4.56. The van der Waals surface area contributed by atoms with Crippen molar-refractivity contribution in [1.82, 2.24) is 4.57 Å². The Labute approximate surface area is 131 Å². The topological polar surface area (TPSA) is 34.4 Å². The molecule has 106 valence electrons. The molecule has 0 spiro atoms. The molecule has 0 atom stereocenters. The van der Waals surface area contributed by atoms with Crippen LogP contribution in [0.25, 0.3) is 10.2 Å². The Morgan fingerprint density at radius 2 is 2.05 bits per heavy atom. The molecule has 0 bridgehead atoms. The van der Waals surface area contributed by atoms with Crippen LogP contribution in [0.1, 0.15) is 15.9 Å². The Bertz CT molecular complexity index is 908. The zero-order valence-electron chi connectivity index (χ0n) is 11.6. The van der Waals surface area contributed by atoms with Crippen molar-refractivity contribution in [2.24, 2.45) is 12.0 Å². The summed E-state index contributed by atoms with van der Waals surface area (Å²) in [6.45, 7) is 1.96. The van der Waals surface area contributed by atoms with Crippen LogP contribution in [0.3, 0.4) is 0 Å². The molecule has 0 fully saturated rings. The molecule has 0 N–H and O–H groups in total. The van der Waals surface area contributed by atoms with E-state index in [4.69, 9.17) is 11.6 Å². The fourth-order valence-electron chi connectivity index (χ4n) is 2.14.